The number of hydrogen-bond acceptors (Lipinski definition) is 6. The molecule has 0 aliphatic carbocycles. The van der Waals surface area contributed by atoms with E-state index in [0.29, 0.717) is 5.13 Å². The highest BCUT2D eigenvalue weighted by molar-refractivity contribution is 7.19. The van der Waals surface area contributed by atoms with Gasteiger partial charge in [-0.2, -0.15) is 11.3 Å². The molecule has 0 fully saturated rings. The van der Waals surface area contributed by atoms with E-state index in [1.165, 1.54) is 11.3 Å². The van der Waals surface area contributed by atoms with Gasteiger partial charge in [0.25, 0.3) is 0 Å². The van der Waals surface area contributed by atoms with E-state index in [4.69, 9.17) is 5.73 Å². The Kier molecular flexibility index (Phi) is 6.54. The molecule has 0 saturated carbocycles. The average molecular weight is 333 g/mol. The minimum Gasteiger partial charge on any atom is -0.320 e. The zero-order valence-corrected chi connectivity index (χ0v) is 13.6. The summed E-state index contributed by atoms with van der Waals surface area (Å²) in [5.41, 5.74) is 6.89. The number of rotatable bonds is 5. The molecular formula is C12H17ClN4OS2. The molecule has 8 heteroatoms. The Bertz CT molecular complexity index is 543. The van der Waals surface area contributed by atoms with Crippen LogP contribution in [0.1, 0.15) is 20.3 Å². The predicted octanol–water partition coefficient (Wildman–Crippen LogP) is 3.00. The van der Waals surface area contributed by atoms with Crippen LogP contribution in [0.5, 0.6) is 0 Å². The molecule has 2 atom stereocenters. The first-order valence-corrected chi connectivity index (χ1v) is 7.80. The molecule has 2 unspecified atom stereocenters. The molecule has 0 spiro atoms. The lowest BCUT2D eigenvalue weighted by Gasteiger charge is -2.16. The fourth-order valence-electron chi connectivity index (χ4n) is 1.48. The first-order valence-electron chi connectivity index (χ1n) is 6.04. The monoisotopic (exact) mass is 332 g/mol. The number of carbonyl (C=O) groups is 1. The lowest BCUT2D eigenvalue weighted by atomic mass is 10.00. The molecule has 0 saturated heterocycles. The zero-order valence-electron chi connectivity index (χ0n) is 11.2. The van der Waals surface area contributed by atoms with Crippen LogP contribution in [0.4, 0.5) is 5.13 Å². The first kappa shape index (κ1) is 17.0. The van der Waals surface area contributed by atoms with Crippen molar-refractivity contribution in [3.63, 3.8) is 0 Å². The van der Waals surface area contributed by atoms with Crippen LogP contribution in [0, 0.1) is 5.92 Å². The quantitative estimate of drug-likeness (QED) is 0.882. The van der Waals surface area contributed by atoms with Crippen molar-refractivity contribution in [2.75, 3.05) is 5.32 Å². The van der Waals surface area contributed by atoms with Crippen molar-refractivity contribution in [3.8, 4) is 10.6 Å². The Morgan fingerprint density at radius 2 is 2.25 bits per heavy atom. The Hall–Kier alpha value is -1.02. The molecule has 1 amide bonds. The predicted molar refractivity (Wildman–Crippen MR) is 86.5 cm³/mol. The van der Waals surface area contributed by atoms with Crippen LogP contribution in [-0.4, -0.2) is 22.1 Å². The maximum Gasteiger partial charge on any atom is 0.243 e. The molecule has 0 aliphatic heterocycles. The minimum absolute atomic E-state index is 0. The van der Waals surface area contributed by atoms with Crippen LogP contribution in [0.15, 0.2) is 16.8 Å². The number of thiophene rings is 1. The molecule has 0 aliphatic rings. The van der Waals surface area contributed by atoms with Crippen LogP contribution in [0.3, 0.4) is 0 Å². The van der Waals surface area contributed by atoms with Crippen molar-refractivity contribution < 1.29 is 4.79 Å². The second-order valence-electron chi connectivity index (χ2n) is 4.32. The van der Waals surface area contributed by atoms with Gasteiger partial charge in [-0.3, -0.25) is 10.1 Å². The highest BCUT2D eigenvalue weighted by atomic mass is 35.5. The van der Waals surface area contributed by atoms with E-state index < -0.39 is 6.04 Å². The van der Waals surface area contributed by atoms with E-state index in [-0.39, 0.29) is 24.2 Å². The smallest absolute Gasteiger partial charge is 0.243 e. The van der Waals surface area contributed by atoms with Gasteiger partial charge in [0.05, 0.1) is 6.04 Å². The van der Waals surface area contributed by atoms with Crippen molar-refractivity contribution in [2.45, 2.75) is 26.3 Å². The summed E-state index contributed by atoms with van der Waals surface area (Å²) in [5.74, 6) is -0.0633. The fraction of sp³-hybridized carbons (Fsp3) is 0.417. The molecule has 2 heterocycles. The Balaban J connectivity index is 0.00000200. The molecular weight excluding hydrogens is 316 g/mol. The van der Waals surface area contributed by atoms with Crippen LogP contribution in [-0.2, 0) is 4.79 Å². The summed E-state index contributed by atoms with van der Waals surface area (Å²) in [4.78, 5) is 11.9. The molecule has 0 radical (unpaired) electrons. The highest BCUT2D eigenvalue weighted by Crippen LogP contribution is 2.27. The summed E-state index contributed by atoms with van der Waals surface area (Å²) < 4.78 is 0. The van der Waals surface area contributed by atoms with Gasteiger partial charge < -0.3 is 5.73 Å². The second kappa shape index (κ2) is 7.68. The van der Waals surface area contributed by atoms with Gasteiger partial charge in [-0.05, 0) is 17.4 Å². The van der Waals surface area contributed by atoms with Gasteiger partial charge in [-0.1, -0.05) is 31.6 Å². The van der Waals surface area contributed by atoms with E-state index in [0.717, 1.165) is 17.0 Å². The Morgan fingerprint density at radius 1 is 1.50 bits per heavy atom. The molecule has 5 nitrogen and oxygen atoms in total. The zero-order chi connectivity index (χ0) is 13.8. The van der Waals surface area contributed by atoms with Crippen molar-refractivity contribution in [1.29, 1.82) is 0 Å². The molecule has 2 aromatic rings. The van der Waals surface area contributed by atoms with Gasteiger partial charge in [0, 0.05) is 10.9 Å². The number of nitrogens with two attached hydrogens (primary N) is 1. The summed E-state index contributed by atoms with van der Waals surface area (Å²) >= 11 is 2.95. The van der Waals surface area contributed by atoms with E-state index in [2.05, 4.69) is 15.5 Å². The number of nitrogens with one attached hydrogen (secondary N) is 1. The Morgan fingerprint density at radius 3 is 2.85 bits per heavy atom. The summed E-state index contributed by atoms with van der Waals surface area (Å²) in [6.45, 7) is 3.97. The molecule has 0 aromatic carbocycles. The highest BCUT2D eigenvalue weighted by Gasteiger charge is 2.20. The maximum atomic E-state index is 11.9. The van der Waals surface area contributed by atoms with Crippen molar-refractivity contribution in [1.82, 2.24) is 10.2 Å². The summed E-state index contributed by atoms with van der Waals surface area (Å²) in [6, 6.07) is 1.46. The van der Waals surface area contributed by atoms with E-state index in [9.17, 15) is 4.79 Å². The van der Waals surface area contributed by atoms with Crippen LogP contribution in [0.2, 0.25) is 0 Å². The first-order chi connectivity index (χ1) is 9.11. The molecule has 3 N–H and O–H groups in total. The summed E-state index contributed by atoms with van der Waals surface area (Å²) in [5, 5.41) is 16.0. The van der Waals surface area contributed by atoms with Gasteiger partial charge in [0.2, 0.25) is 11.0 Å². The lowest BCUT2D eigenvalue weighted by molar-refractivity contribution is -0.118. The fourth-order valence-corrected chi connectivity index (χ4v) is 2.94. The van der Waals surface area contributed by atoms with E-state index >= 15 is 0 Å². The number of anilines is 1. The largest absolute Gasteiger partial charge is 0.320 e. The normalized spacial score (nSPS) is 13.3. The van der Waals surface area contributed by atoms with Gasteiger partial charge in [0.1, 0.15) is 5.01 Å². The van der Waals surface area contributed by atoms with Gasteiger partial charge in [-0.25, -0.2) is 0 Å². The third-order valence-corrected chi connectivity index (χ3v) is 4.55. The topological polar surface area (TPSA) is 80.9 Å². The third kappa shape index (κ3) is 3.99. The summed E-state index contributed by atoms with van der Waals surface area (Å²) in [7, 11) is 0. The van der Waals surface area contributed by atoms with Crippen LogP contribution < -0.4 is 11.1 Å². The third-order valence-electron chi connectivity index (χ3n) is 2.98. The van der Waals surface area contributed by atoms with Crippen molar-refractivity contribution in [2.24, 2.45) is 11.7 Å². The maximum absolute atomic E-state index is 11.9. The minimum atomic E-state index is -0.515. The number of aromatic nitrogens is 2. The molecule has 0 bridgehead atoms. The average Bonchev–Trinajstić information content (AvgIpc) is 3.06. The lowest BCUT2D eigenvalue weighted by Crippen LogP contribution is -2.40. The molecule has 20 heavy (non-hydrogen) atoms. The summed E-state index contributed by atoms with van der Waals surface area (Å²) in [6.07, 6.45) is 0.866. The SMILES string of the molecule is CCC(C)C(N)C(=O)Nc1nnc(-c2ccsc2)s1.Cl. The standard InChI is InChI=1S/C12H16N4OS2.ClH/c1-3-7(2)9(13)10(17)14-12-16-15-11(19-12)8-4-5-18-6-8;/h4-7,9H,3,13H2,1-2H3,(H,14,16,17);1H. The van der Waals surface area contributed by atoms with Crippen molar-refractivity contribution in [3.05, 3.63) is 16.8 Å². The van der Waals surface area contributed by atoms with Gasteiger partial charge in [0.15, 0.2) is 0 Å². The van der Waals surface area contributed by atoms with E-state index in [1.54, 1.807) is 11.3 Å². The Labute approximate surface area is 132 Å². The van der Waals surface area contributed by atoms with Crippen molar-refractivity contribution >= 4 is 46.1 Å². The van der Waals surface area contributed by atoms with Gasteiger partial charge in [-0.15, -0.1) is 22.6 Å². The van der Waals surface area contributed by atoms with Gasteiger partial charge >= 0.3 is 0 Å². The molecule has 2 aromatic heterocycles. The number of amides is 1. The van der Waals surface area contributed by atoms with Crippen LogP contribution >= 0.6 is 35.1 Å². The van der Waals surface area contributed by atoms with E-state index in [1.807, 2.05) is 30.7 Å². The number of halogens is 1. The second-order valence-corrected chi connectivity index (χ2v) is 6.08. The number of carbonyl (C=O) groups excluding carboxylic acids is 1. The molecule has 110 valence electrons. The number of nitrogens with zero attached hydrogens (tertiary/aromatic N) is 2. The number of hydrogen-bond donors (Lipinski definition) is 2. The van der Waals surface area contributed by atoms with Crippen LogP contribution in [0.25, 0.3) is 10.6 Å². The molecule has 2 rings (SSSR count).